The Morgan fingerprint density at radius 1 is 1.10 bits per heavy atom. The number of imidazole rings is 1. The van der Waals surface area contributed by atoms with Crippen molar-refractivity contribution in [1.29, 1.82) is 0 Å². The van der Waals surface area contributed by atoms with Crippen molar-refractivity contribution in [2.24, 2.45) is 0 Å². The lowest BCUT2D eigenvalue weighted by atomic mass is 10.2. The van der Waals surface area contributed by atoms with Gasteiger partial charge in [0.05, 0.1) is 27.4 Å². The van der Waals surface area contributed by atoms with Crippen molar-refractivity contribution in [3.05, 3.63) is 78.1 Å². The minimum atomic E-state index is -0.102. The summed E-state index contributed by atoms with van der Waals surface area (Å²) < 4.78 is 3.81. The zero-order chi connectivity index (χ0) is 20.5. The lowest BCUT2D eigenvalue weighted by molar-refractivity contribution is -0.113. The molecule has 2 aromatic carbocycles. The molecule has 30 heavy (non-hydrogen) atoms. The summed E-state index contributed by atoms with van der Waals surface area (Å²) in [4.78, 5) is 21.8. The van der Waals surface area contributed by atoms with Crippen LogP contribution in [0, 0.1) is 0 Å². The van der Waals surface area contributed by atoms with Gasteiger partial charge in [-0.1, -0.05) is 53.7 Å². The fourth-order valence-corrected chi connectivity index (χ4v) is 5.13. The first-order chi connectivity index (χ1) is 14.7. The zero-order valence-electron chi connectivity index (χ0n) is 15.6. The molecule has 0 radical (unpaired) electrons. The standard InChI is InChI=1S/C22H15ClN4OS2/c23-15-8-9-19-17(11-15)26-22(30-19)29-13-20(28)24-16-7-4-10-27-12-18(25-21(16)27)14-5-2-1-3-6-14/h1-12H,13H2,(H,24,28). The van der Waals surface area contributed by atoms with Crippen molar-refractivity contribution in [3.63, 3.8) is 0 Å². The number of amides is 1. The van der Waals surface area contributed by atoms with Gasteiger partial charge in [-0.15, -0.1) is 11.3 Å². The molecule has 0 unspecified atom stereocenters. The van der Waals surface area contributed by atoms with E-state index in [9.17, 15) is 4.79 Å². The molecule has 1 amide bonds. The van der Waals surface area contributed by atoms with Gasteiger partial charge in [0.15, 0.2) is 9.99 Å². The predicted octanol–water partition coefficient (Wildman–Crippen LogP) is 6.00. The molecule has 0 atom stereocenters. The van der Waals surface area contributed by atoms with Crippen molar-refractivity contribution >= 4 is 62.2 Å². The van der Waals surface area contributed by atoms with E-state index >= 15 is 0 Å². The van der Waals surface area contributed by atoms with Crippen LogP contribution in [0.1, 0.15) is 0 Å². The highest BCUT2D eigenvalue weighted by Gasteiger charge is 2.12. The maximum Gasteiger partial charge on any atom is 0.234 e. The van der Waals surface area contributed by atoms with Crippen LogP contribution < -0.4 is 5.32 Å². The van der Waals surface area contributed by atoms with Crippen LogP contribution in [0.4, 0.5) is 5.69 Å². The number of aromatic nitrogens is 3. The lowest BCUT2D eigenvalue weighted by Gasteiger charge is -2.05. The van der Waals surface area contributed by atoms with Gasteiger partial charge < -0.3 is 9.72 Å². The third-order valence-electron chi connectivity index (χ3n) is 4.48. The average molecular weight is 451 g/mol. The van der Waals surface area contributed by atoms with E-state index < -0.39 is 0 Å². The summed E-state index contributed by atoms with van der Waals surface area (Å²) >= 11 is 8.99. The molecule has 0 spiro atoms. The zero-order valence-corrected chi connectivity index (χ0v) is 18.0. The third kappa shape index (κ3) is 3.92. The Hall–Kier alpha value is -2.87. The van der Waals surface area contributed by atoms with Crippen LogP contribution in [0.5, 0.6) is 0 Å². The maximum absolute atomic E-state index is 12.6. The highest BCUT2D eigenvalue weighted by Crippen LogP contribution is 2.31. The Labute approximate surface area is 185 Å². The van der Waals surface area contributed by atoms with Gasteiger partial charge in [0.1, 0.15) is 0 Å². The normalized spacial score (nSPS) is 11.2. The van der Waals surface area contributed by atoms with Crippen LogP contribution in [0.15, 0.2) is 77.4 Å². The van der Waals surface area contributed by atoms with E-state index in [0.29, 0.717) is 16.4 Å². The quantitative estimate of drug-likeness (QED) is 0.334. The first kappa shape index (κ1) is 19.1. The molecule has 0 saturated carbocycles. The summed E-state index contributed by atoms with van der Waals surface area (Å²) in [6.45, 7) is 0. The van der Waals surface area contributed by atoms with E-state index in [4.69, 9.17) is 16.6 Å². The molecule has 0 bridgehead atoms. The Kier molecular flexibility index (Phi) is 5.16. The van der Waals surface area contributed by atoms with E-state index in [1.807, 2.05) is 77.5 Å². The molecule has 3 heterocycles. The summed E-state index contributed by atoms with van der Waals surface area (Å²) in [6, 6.07) is 19.3. The van der Waals surface area contributed by atoms with Crippen LogP contribution in [0.2, 0.25) is 5.02 Å². The fourth-order valence-electron chi connectivity index (χ4n) is 3.11. The summed E-state index contributed by atoms with van der Waals surface area (Å²) in [5.41, 5.74) is 4.14. The van der Waals surface area contributed by atoms with E-state index in [1.165, 1.54) is 11.8 Å². The van der Waals surface area contributed by atoms with Crippen molar-refractivity contribution in [2.75, 3.05) is 11.1 Å². The number of hydrogen-bond donors (Lipinski definition) is 1. The molecule has 0 saturated heterocycles. The van der Waals surface area contributed by atoms with Gasteiger partial charge in [-0.2, -0.15) is 0 Å². The van der Waals surface area contributed by atoms with Gasteiger partial charge in [0.25, 0.3) is 0 Å². The second-order valence-corrected chi connectivity index (χ2v) is 9.26. The Morgan fingerprint density at radius 3 is 2.83 bits per heavy atom. The van der Waals surface area contributed by atoms with Crippen LogP contribution in [-0.4, -0.2) is 26.0 Å². The highest BCUT2D eigenvalue weighted by molar-refractivity contribution is 8.01. The number of anilines is 1. The number of nitrogens with zero attached hydrogens (tertiary/aromatic N) is 3. The van der Waals surface area contributed by atoms with E-state index in [0.717, 1.165) is 25.8 Å². The Bertz CT molecular complexity index is 1360. The van der Waals surface area contributed by atoms with Gasteiger partial charge >= 0.3 is 0 Å². The molecule has 0 aliphatic heterocycles. The van der Waals surface area contributed by atoms with Crippen LogP contribution in [-0.2, 0) is 4.79 Å². The molecule has 1 N–H and O–H groups in total. The number of thioether (sulfide) groups is 1. The van der Waals surface area contributed by atoms with E-state index in [2.05, 4.69) is 10.3 Å². The number of pyridine rings is 1. The Morgan fingerprint density at radius 2 is 1.97 bits per heavy atom. The number of rotatable bonds is 5. The van der Waals surface area contributed by atoms with Gasteiger partial charge in [0, 0.05) is 23.0 Å². The van der Waals surface area contributed by atoms with E-state index in [-0.39, 0.29) is 11.7 Å². The van der Waals surface area contributed by atoms with Crippen molar-refractivity contribution in [2.45, 2.75) is 4.34 Å². The molecule has 3 aromatic heterocycles. The van der Waals surface area contributed by atoms with Crippen LogP contribution in [0.3, 0.4) is 0 Å². The van der Waals surface area contributed by atoms with Gasteiger partial charge in [-0.05, 0) is 30.3 Å². The first-order valence-electron chi connectivity index (χ1n) is 9.17. The number of nitrogens with one attached hydrogen (secondary N) is 1. The summed E-state index contributed by atoms with van der Waals surface area (Å²) in [6.07, 6.45) is 3.88. The number of carbonyl (C=O) groups is 1. The highest BCUT2D eigenvalue weighted by atomic mass is 35.5. The average Bonchev–Trinajstić information content (AvgIpc) is 3.37. The van der Waals surface area contributed by atoms with Gasteiger partial charge in [-0.25, -0.2) is 9.97 Å². The molecule has 5 rings (SSSR count). The number of carbonyl (C=O) groups excluding carboxylic acids is 1. The number of fused-ring (bicyclic) bond motifs is 2. The summed E-state index contributed by atoms with van der Waals surface area (Å²) in [5.74, 6) is 0.163. The Balaban J connectivity index is 1.32. The van der Waals surface area contributed by atoms with Gasteiger partial charge in [-0.3, -0.25) is 4.79 Å². The topological polar surface area (TPSA) is 59.3 Å². The summed E-state index contributed by atoms with van der Waals surface area (Å²) in [5, 5.41) is 3.63. The van der Waals surface area contributed by atoms with Crippen molar-refractivity contribution in [1.82, 2.24) is 14.4 Å². The maximum atomic E-state index is 12.6. The number of halogens is 1. The number of thiazole rings is 1. The molecule has 0 aliphatic rings. The van der Waals surface area contributed by atoms with Crippen molar-refractivity contribution in [3.8, 4) is 11.3 Å². The molecule has 8 heteroatoms. The molecular weight excluding hydrogens is 436 g/mol. The monoisotopic (exact) mass is 450 g/mol. The van der Waals surface area contributed by atoms with Crippen molar-refractivity contribution < 1.29 is 4.79 Å². The third-order valence-corrected chi connectivity index (χ3v) is 6.90. The molecular formula is C22H15ClN4OS2. The minimum absolute atomic E-state index is 0.102. The lowest BCUT2D eigenvalue weighted by Crippen LogP contribution is -2.14. The largest absolute Gasteiger partial charge is 0.322 e. The van der Waals surface area contributed by atoms with Crippen LogP contribution >= 0.6 is 34.7 Å². The number of hydrogen-bond acceptors (Lipinski definition) is 5. The predicted molar refractivity (Wildman–Crippen MR) is 125 cm³/mol. The summed E-state index contributed by atoms with van der Waals surface area (Å²) in [7, 11) is 0. The second-order valence-electron chi connectivity index (χ2n) is 6.57. The molecule has 148 valence electrons. The smallest absolute Gasteiger partial charge is 0.234 e. The molecule has 5 nitrogen and oxygen atoms in total. The minimum Gasteiger partial charge on any atom is -0.322 e. The first-order valence-corrected chi connectivity index (χ1v) is 11.4. The van der Waals surface area contributed by atoms with E-state index in [1.54, 1.807) is 11.3 Å². The molecule has 5 aromatic rings. The fraction of sp³-hybridized carbons (Fsp3) is 0.0455. The number of benzene rings is 2. The molecule has 0 fully saturated rings. The molecule has 0 aliphatic carbocycles. The second kappa shape index (κ2) is 8.10. The van der Waals surface area contributed by atoms with Gasteiger partial charge in [0.2, 0.25) is 5.91 Å². The van der Waals surface area contributed by atoms with Crippen LogP contribution in [0.25, 0.3) is 27.1 Å². The SMILES string of the molecule is O=C(CSc1nc2cc(Cl)ccc2s1)Nc1cccn2cc(-c3ccccc3)nc12.